The first-order valence-corrected chi connectivity index (χ1v) is 13.3. The number of hydrogen-bond acceptors (Lipinski definition) is 5. The Labute approximate surface area is 218 Å². The van der Waals surface area contributed by atoms with Crippen LogP contribution >= 0.6 is 22.9 Å². The molecule has 2 aromatic carbocycles. The fraction of sp³-hybridized carbons (Fsp3) is 0.259. The van der Waals surface area contributed by atoms with Gasteiger partial charge in [-0.1, -0.05) is 48.9 Å². The average Bonchev–Trinajstić information content (AvgIpc) is 3.49. The summed E-state index contributed by atoms with van der Waals surface area (Å²) in [5, 5.41) is 16.7. The molecule has 2 aliphatic rings. The third-order valence-corrected chi connectivity index (χ3v) is 8.00. The van der Waals surface area contributed by atoms with Gasteiger partial charge in [0.05, 0.1) is 5.71 Å². The molecule has 0 radical (unpaired) electrons. The van der Waals surface area contributed by atoms with E-state index in [0.717, 1.165) is 52.5 Å². The largest absolute Gasteiger partial charge is 0.321 e. The van der Waals surface area contributed by atoms with Crippen molar-refractivity contribution in [1.82, 2.24) is 20.1 Å². The summed E-state index contributed by atoms with van der Waals surface area (Å²) in [6, 6.07) is 17.2. The molecule has 1 fully saturated rings. The number of halogens is 1. The van der Waals surface area contributed by atoms with Crippen LogP contribution in [0.4, 0.5) is 10.5 Å². The smallest absolute Gasteiger partial charge is 0.309 e. The van der Waals surface area contributed by atoms with Crippen molar-refractivity contribution in [2.75, 3.05) is 5.32 Å². The van der Waals surface area contributed by atoms with Crippen molar-refractivity contribution in [2.24, 2.45) is 4.99 Å². The van der Waals surface area contributed by atoms with E-state index in [1.807, 2.05) is 55.5 Å². The molecule has 2 amide bonds. The minimum absolute atomic E-state index is 0.366. The molecule has 1 atom stereocenters. The van der Waals surface area contributed by atoms with E-state index < -0.39 is 6.17 Å². The molecule has 2 aromatic heterocycles. The van der Waals surface area contributed by atoms with Crippen LogP contribution in [0, 0.1) is 6.92 Å². The average molecular weight is 517 g/mol. The number of urea groups is 1. The van der Waals surface area contributed by atoms with Gasteiger partial charge in [0.15, 0.2) is 12.0 Å². The van der Waals surface area contributed by atoms with Crippen LogP contribution in [0.2, 0.25) is 5.02 Å². The van der Waals surface area contributed by atoms with Gasteiger partial charge in [0, 0.05) is 32.6 Å². The van der Waals surface area contributed by atoms with Gasteiger partial charge in [-0.2, -0.15) is 0 Å². The highest BCUT2D eigenvalue weighted by molar-refractivity contribution is 7.15. The normalized spacial score (nSPS) is 16.5. The van der Waals surface area contributed by atoms with Crippen molar-refractivity contribution < 1.29 is 4.79 Å². The molecule has 6 rings (SSSR count). The number of nitrogens with one attached hydrogen (secondary N) is 2. The number of aromatic nitrogens is 3. The molecule has 0 bridgehead atoms. The third kappa shape index (κ3) is 4.20. The number of aliphatic imine (C=N–C) groups is 1. The Morgan fingerprint density at radius 1 is 1.08 bits per heavy atom. The predicted molar refractivity (Wildman–Crippen MR) is 144 cm³/mol. The standard InChI is InChI=1S/C27H25ClN6OS/c1-3-18-14-20-22(19-9-4-5-10-21(19)28)30-23(31-27(35)29-17-8-6-7-15(2)13-17)25-33-32-24(16-11-12-16)34(25)26(20)36-18/h4-10,13-14,16,23H,3,11-12H2,1-2H3,(H2,29,31,35). The highest BCUT2D eigenvalue weighted by Crippen LogP contribution is 2.44. The monoisotopic (exact) mass is 516 g/mol. The van der Waals surface area contributed by atoms with Crippen LogP contribution in [0.15, 0.2) is 59.6 Å². The van der Waals surface area contributed by atoms with E-state index >= 15 is 0 Å². The van der Waals surface area contributed by atoms with Crippen LogP contribution in [-0.2, 0) is 6.42 Å². The second kappa shape index (κ2) is 9.19. The lowest BCUT2D eigenvalue weighted by Gasteiger charge is -2.16. The van der Waals surface area contributed by atoms with E-state index in [4.69, 9.17) is 16.6 Å². The molecule has 7 nitrogen and oxygen atoms in total. The van der Waals surface area contributed by atoms with E-state index in [-0.39, 0.29) is 6.03 Å². The molecule has 36 heavy (non-hydrogen) atoms. The van der Waals surface area contributed by atoms with E-state index in [1.54, 1.807) is 11.3 Å². The molecule has 1 unspecified atom stereocenters. The number of rotatable bonds is 5. The Balaban J connectivity index is 1.48. The predicted octanol–water partition coefficient (Wildman–Crippen LogP) is 6.40. The molecule has 1 aliphatic heterocycles. The van der Waals surface area contributed by atoms with Gasteiger partial charge in [-0.3, -0.25) is 9.56 Å². The summed E-state index contributed by atoms with van der Waals surface area (Å²) >= 11 is 8.37. The molecule has 0 saturated heterocycles. The lowest BCUT2D eigenvalue weighted by atomic mass is 10.0. The van der Waals surface area contributed by atoms with Gasteiger partial charge in [0.2, 0.25) is 0 Å². The minimum atomic E-state index is -0.745. The number of carbonyl (C=O) groups is 1. The second-order valence-corrected chi connectivity index (χ2v) is 10.7. The van der Waals surface area contributed by atoms with Gasteiger partial charge >= 0.3 is 6.03 Å². The number of thiophene rings is 1. The highest BCUT2D eigenvalue weighted by atomic mass is 35.5. The van der Waals surface area contributed by atoms with Crippen molar-refractivity contribution in [3.63, 3.8) is 0 Å². The fourth-order valence-electron chi connectivity index (χ4n) is 4.48. The maximum Gasteiger partial charge on any atom is 0.321 e. The van der Waals surface area contributed by atoms with E-state index in [9.17, 15) is 4.79 Å². The van der Waals surface area contributed by atoms with E-state index in [1.165, 1.54) is 4.88 Å². The number of carbonyl (C=O) groups excluding carboxylic acids is 1. The first-order valence-electron chi connectivity index (χ1n) is 12.1. The van der Waals surface area contributed by atoms with Crippen molar-refractivity contribution in [1.29, 1.82) is 0 Å². The number of anilines is 1. The molecule has 9 heteroatoms. The van der Waals surface area contributed by atoms with E-state index in [0.29, 0.717) is 22.5 Å². The molecule has 1 aliphatic carbocycles. The molecule has 0 spiro atoms. The molecule has 182 valence electrons. The number of aryl methyl sites for hydroxylation is 2. The zero-order valence-corrected chi connectivity index (χ0v) is 21.5. The van der Waals surface area contributed by atoms with Crippen LogP contribution in [0.3, 0.4) is 0 Å². The summed E-state index contributed by atoms with van der Waals surface area (Å²) in [5.74, 6) is 1.90. The van der Waals surface area contributed by atoms with Crippen LogP contribution < -0.4 is 10.6 Å². The minimum Gasteiger partial charge on any atom is -0.309 e. The first-order chi connectivity index (χ1) is 17.5. The van der Waals surface area contributed by atoms with Crippen molar-refractivity contribution in [3.05, 3.63) is 92.8 Å². The van der Waals surface area contributed by atoms with Crippen molar-refractivity contribution in [3.8, 4) is 5.00 Å². The Kier molecular flexibility index (Phi) is 5.85. The number of fused-ring (bicyclic) bond motifs is 3. The van der Waals surface area contributed by atoms with Gasteiger partial charge in [-0.15, -0.1) is 21.5 Å². The summed E-state index contributed by atoms with van der Waals surface area (Å²) in [5.41, 5.74) is 4.31. The van der Waals surface area contributed by atoms with E-state index in [2.05, 4.69) is 38.4 Å². The van der Waals surface area contributed by atoms with Crippen molar-refractivity contribution >= 4 is 40.4 Å². The number of hydrogen-bond donors (Lipinski definition) is 2. The van der Waals surface area contributed by atoms with Gasteiger partial charge in [-0.05, 0) is 56.0 Å². The summed E-state index contributed by atoms with van der Waals surface area (Å²) < 4.78 is 2.11. The number of benzene rings is 2. The topological polar surface area (TPSA) is 84.2 Å². The summed E-state index contributed by atoms with van der Waals surface area (Å²) in [4.78, 5) is 19.4. The second-order valence-electron chi connectivity index (χ2n) is 9.14. The molecule has 1 saturated carbocycles. The Morgan fingerprint density at radius 2 is 1.89 bits per heavy atom. The molecular formula is C27H25ClN6OS. The Hall–Kier alpha value is -3.49. The van der Waals surface area contributed by atoms with Gasteiger partial charge in [0.1, 0.15) is 10.8 Å². The van der Waals surface area contributed by atoms with Crippen LogP contribution in [0.5, 0.6) is 0 Å². The maximum atomic E-state index is 13.1. The zero-order valence-electron chi connectivity index (χ0n) is 20.0. The molecular weight excluding hydrogens is 492 g/mol. The molecule has 3 heterocycles. The molecule has 2 N–H and O–H groups in total. The maximum absolute atomic E-state index is 13.1. The van der Waals surface area contributed by atoms with Crippen LogP contribution in [-0.4, -0.2) is 26.5 Å². The highest BCUT2D eigenvalue weighted by Gasteiger charge is 2.37. The SMILES string of the molecule is CCc1cc2c(s1)-n1c(C3CC3)nnc1C(NC(=O)Nc1cccc(C)c1)N=C2c1ccccc1Cl. The summed E-state index contributed by atoms with van der Waals surface area (Å²) in [7, 11) is 0. The van der Waals surface area contributed by atoms with Crippen LogP contribution in [0.1, 0.15) is 65.1 Å². The lowest BCUT2D eigenvalue weighted by Crippen LogP contribution is -2.33. The molecule has 4 aromatic rings. The lowest BCUT2D eigenvalue weighted by molar-refractivity contribution is 0.248. The van der Waals surface area contributed by atoms with Gasteiger partial charge in [-0.25, -0.2) is 4.79 Å². The third-order valence-electron chi connectivity index (χ3n) is 6.40. The number of amides is 2. The quantitative estimate of drug-likeness (QED) is 0.322. The zero-order chi connectivity index (χ0) is 24.8. The fourth-order valence-corrected chi connectivity index (χ4v) is 5.82. The first kappa shape index (κ1) is 22.9. The summed E-state index contributed by atoms with van der Waals surface area (Å²) in [6.07, 6.45) is 2.34. The van der Waals surface area contributed by atoms with Gasteiger partial charge < -0.3 is 10.6 Å². The van der Waals surface area contributed by atoms with Crippen LogP contribution in [0.25, 0.3) is 5.00 Å². The van der Waals surface area contributed by atoms with Crippen molar-refractivity contribution in [2.45, 2.75) is 45.2 Å². The number of nitrogens with zero attached hydrogens (tertiary/aromatic N) is 4. The Bertz CT molecular complexity index is 1500. The van der Waals surface area contributed by atoms with Gasteiger partial charge in [0.25, 0.3) is 0 Å². The summed E-state index contributed by atoms with van der Waals surface area (Å²) in [6.45, 7) is 4.13. The Morgan fingerprint density at radius 3 is 2.64 bits per heavy atom.